The van der Waals surface area contributed by atoms with Crippen molar-refractivity contribution in [3.8, 4) is 5.69 Å². The highest BCUT2D eigenvalue weighted by Crippen LogP contribution is 2.23. The second-order valence-electron chi connectivity index (χ2n) is 5.97. The van der Waals surface area contributed by atoms with Crippen molar-refractivity contribution in [3.05, 3.63) is 75.2 Å². The van der Waals surface area contributed by atoms with Crippen LogP contribution in [0, 0.1) is 6.92 Å². The van der Waals surface area contributed by atoms with Crippen molar-refractivity contribution in [1.29, 1.82) is 0 Å². The first kappa shape index (κ1) is 19.7. The Morgan fingerprint density at radius 3 is 2.39 bits per heavy atom. The van der Waals surface area contributed by atoms with Crippen LogP contribution in [0.1, 0.15) is 16.1 Å². The largest absolute Gasteiger partial charge is 0.545 e. The number of rotatable bonds is 5. The van der Waals surface area contributed by atoms with Crippen LogP contribution in [-0.4, -0.2) is 23.8 Å². The number of nitrogens with one attached hydrogen (secondary N) is 1. The maximum Gasteiger partial charge on any atom is 0.296 e. The van der Waals surface area contributed by atoms with E-state index >= 15 is 0 Å². The molecule has 3 rings (SSSR count). The van der Waals surface area contributed by atoms with Gasteiger partial charge in [0.05, 0.1) is 22.2 Å². The molecule has 0 aliphatic carbocycles. The van der Waals surface area contributed by atoms with Gasteiger partial charge >= 0.3 is 0 Å². The number of carbonyl (C=O) groups excluding carboxylic acids is 1. The van der Waals surface area contributed by atoms with Crippen LogP contribution in [0.5, 0.6) is 0 Å². The second kappa shape index (κ2) is 7.17. The third kappa shape index (κ3) is 3.41. The smallest absolute Gasteiger partial charge is 0.296 e. The average molecular weight is 421 g/mol. The van der Waals surface area contributed by atoms with Gasteiger partial charge in [-0.1, -0.05) is 29.8 Å². The quantitative estimate of drug-likeness (QED) is 0.668. The molecule has 0 bridgehead atoms. The molecule has 1 aromatic heterocycles. The van der Waals surface area contributed by atoms with Crippen LogP contribution >= 0.6 is 11.6 Å². The Morgan fingerprint density at radius 2 is 1.79 bits per heavy atom. The zero-order valence-corrected chi connectivity index (χ0v) is 16.4. The lowest BCUT2D eigenvalue weighted by Crippen LogP contribution is -2.24. The number of benzene rings is 2. The number of halogens is 1. The number of para-hydroxylation sites is 1. The molecule has 0 fully saturated rings. The van der Waals surface area contributed by atoms with Gasteiger partial charge < -0.3 is 9.90 Å². The number of hydrogen-bond acceptors (Lipinski definition) is 5. The van der Waals surface area contributed by atoms with Gasteiger partial charge in [0, 0.05) is 17.6 Å². The Kier molecular flexibility index (Phi) is 5.05. The average Bonchev–Trinajstić information content (AvgIpc) is 2.85. The Bertz CT molecular complexity index is 1230. The number of hydrogen-bond donors (Lipinski definition) is 1. The van der Waals surface area contributed by atoms with Crippen LogP contribution in [0.25, 0.3) is 5.69 Å². The van der Waals surface area contributed by atoms with Crippen LogP contribution in [0.4, 0.5) is 5.69 Å². The van der Waals surface area contributed by atoms with E-state index in [0.29, 0.717) is 11.4 Å². The number of aromatic nitrogens is 2. The van der Waals surface area contributed by atoms with Gasteiger partial charge in [-0.05, 0) is 37.3 Å². The molecule has 0 aliphatic heterocycles. The molecule has 0 spiro atoms. The molecular formula is C18H15ClN3O5S-. The van der Waals surface area contributed by atoms with Gasteiger partial charge in [0.15, 0.2) is 0 Å². The van der Waals surface area contributed by atoms with E-state index in [9.17, 15) is 23.1 Å². The maximum atomic E-state index is 12.8. The van der Waals surface area contributed by atoms with E-state index in [1.54, 1.807) is 44.3 Å². The standard InChI is InChI=1S/C18H16ClN3O5S/c1-11-16(17(23)22(21(11)2)12-6-4-3-5-7-12)20-28(26,27)13-8-9-15(19)14(10-13)18(24)25/h3-10,20H,1-2H3,(H,24,25)/p-1. The van der Waals surface area contributed by atoms with Gasteiger partial charge in [0.2, 0.25) is 0 Å². The number of carboxylic acid groups (broad SMARTS) is 1. The van der Waals surface area contributed by atoms with E-state index < -0.39 is 27.1 Å². The van der Waals surface area contributed by atoms with Crippen LogP contribution < -0.4 is 15.4 Å². The zero-order valence-electron chi connectivity index (χ0n) is 14.8. The highest BCUT2D eigenvalue weighted by Gasteiger charge is 2.23. The summed E-state index contributed by atoms with van der Waals surface area (Å²) in [5.74, 6) is -1.61. The van der Waals surface area contributed by atoms with E-state index in [4.69, 9.17) is 11.6 Å². The minimum absolute atomic E-state index is 0.142. The van der Waals surface area contributed by atoms with Crippen molar-refractivity contribution in [2.75, 3.05) is 4.72 Å². The van der Waals surface area contributed by atoms with Gasteiger partial charge in [-0.2, -0.15) is 0 Å². The fraction of sp³-hybridized carbons (Fsp3) is 0.111. The minimum Gasteiger partial charge on any atom is -0.545 e. The number of nitrogens with zero attached hydrogens (tertiary/aromatic N) is 2. The first-order valence-electron chi connectivity index (χ1n) is 8.01. The number of anilines is 1. The molecule has 0 saturated heterocycles. The van der Waals surface area contributed by atoms with Crippen LogP contribution in [0.3, 0.4) is 0 Å². The monoisotopic (exact) mass is 420 g/mol. The molecule has 2 aromatic carbocycles. The van der Waals surface area contributed by atoms with E-state index in [1.165, 1.54) is 9.36 Å². The summed E-state index contributed by atoms with van der Waals surface area (Å²) in [4.78, 5) is 23.6. The van der Waals surface area contributed by atoms with E-state index in [0.717, 1.165) is 18.2 Å². The van der Waals surface area contributed by atoms with Gasteiger partial charge in [-0.25, -0.2) is 13.1 Å². The molecule has 3 aromatic rings. The van der Waals surface area contributed by atoms with Crippen LogP contribution in [0.15, 0.2) is 58.2 Å². The highest BCUT2D eigenvalue weighted by molar-refractivity contribution is 7.92. The summed E-state index contributed by atoms with van der Waals surface area (Å²) in [6.07, 6.45) is 0. The molecule has 0 amide bonds. The lowest BCUT2D eigenvalue weighted by atomic mass is 10.2. The molecule has 0 radical (unpaired) electrons. The van der Waals surface area contributed by atoms with Crippen LogP contribution in [-0.2, 0) is 17.1 Å². The van der Waals surface area contributed by atoms with Crippen molar-refractivity contribution in [3.63, 3.8) is 0 Å². The lowest BCUT2D eigenvalue weighted by Gasteiger charge is -2.10. The van der Waals surface area contributed by atoms with Crippen molar-refractivity contribution < 1.29 is 18.3 Å². The molecule has 146 valence electrons. The lowest BCUT2D eigenvalue weighted by molar-refractivity contribution is -0.255. The summed E-state index contributed by atoms with van der Waals surface area (Å²) < 4.78 is 30.5. The Hall–Kier alpha value is -3.04. The number of carbonyl (C=O) groups is 1. The fourth-order valence-electron chi connectivity index (χ4n) is 2.71. The Labute approximate surface area is 165 Å². The number of aromatic carboxylic acids is 1. The molecule has 1 heterocycles. The second-order valence-corrected chi connectivity index (χ2v) is 8.06. The van der Waals surface area contributed by atoms with E-state index in [2.05, 4.69) is 4.72 Å². The molecule has 0 aliphatic rings. The van der Waals surface area contributed by atoms with Gasteiger partial charge in [-0.3, -0.25) is 14.2 Å². The van der Waals surface area contributed by atoms with E-state index in [1.807, 2.05) is 0 Å². The molecule has 8 nitrogen and oxygen atoms in total. The number of carboxylic acids is 1. The fourth-order valence-corrected chi connectivity index (χ4v) is 4.04. The van der Waals surface area contributed by atoms with E-state index in [-0.39, 0.29) is 15.6 Å². The topological polar surface area (TPSA) is 113 Å². The first-order chi connectivity index (χ1) is 13.1. The Morgan fingerprint density at radius 1 is 1.14 bits per heavy atom. The number of sulfonamides is 1. The van der Waals surface area contributed by atoms with Crippen molar-refractivity contribution in [1.82, 2.24) is 9.36 Å². The van der Waals surface area contributed by atoms with Crippen molar-refractivity contribution >= 4 is 33.3 Å². The first-order valence-corrected chi connectivity index (χ1v) is 9.87. The van der Waals surface area contributed by atoms with Gasteiger partial charge in [0.25, 0.3) is 15.6 Å². The van der Waals surface area contributed by atoms with Crippen LogP contribution in [0.2, 0.25) is 5.02 Å². The minimum atomic E-state index is -4.24. The summed E-state index contributed by atoms with van der Waals surface area (Å²) in [5, 5.41) is 11.0. The van der Waals surface area contributed by atoms with Crippen molar-refractivity contribution in [2.24, 2.45) is 7.05 Å². The van der Waals surface area contributed by atoms with Crippen molar-refractivity contribution in [2.45, 2.75) is 11.8 Å². The molecule has 28 heavy (non-hydrogen) atoms. The van der Waals surface area contributed by atoms with Gasteiger partial charge in [-0.15, -0.1) is 0 Å². The SMILES string of the molecule is Cc1c(NS(=O)(=O)c2ccc(Cl)c(C(=O)[O-])c2)c(=O)n(-c2ccccc2)n1C. The third-order valence-electron chi connectivity index (χ3n) is 4.26. The molecular weight excluding hydrogens is 406 g/mol. The summed E-state index contributed by atoms with van der Waals surface area (Å²) in [6, 6.07) is 11.9. The third-order valence-corrected chi connectivity index (χ3v) is 5.94. The molecule has 0 unspecified atom stereocenters. The Balaban J connectivity index is 2.09. The summed E-state index contributed by atoms with van der Waals surface area (Å²) in [7, 11) is -2.62. The zero-order chi connectivity index (χ0) is 20.6. The summed E-state index contributed by atoms with van der Waals surface area (Å²) in [5.41, 5.74) is -0.225. The normalized spacial score (nSPS) is 11.4. The summed E-state index contributed by atoms with van der Waals surface area (Å²) in [6.45, 7) is 1.59. The molecule has 0 atom stereocenters. The molecule has 0 saturated carbocycles. The predicted molar refractivity (Wildman–Crippen MR) is 102 cm³/mol. The maximum absolute atomic E-state index is 12.8. The van der Waals surface area contributed by atoms with Gasteiger partial charge in [0.1, 0.15) is 5.69 Å². The molecule has 10 heteroatoms. The highest BCUT2D eigenvalue weighted by atomic mass is 35.5. The predicted octanol–water partition coefficient (Wildman–Crippen LogP) is 1.30. The summed E-state index contributed by atoms with van der Waals surface area (Å²) >= 11 is 5.75. The molecule has 1 N–H and O–H groups in total.